The first-order chi connectivity index (χ1) is 8.70. The summed E-state index contributed by atoms with van der Waals surface area (Å²) in [5, 5.41) is 12.6. The van der Waals surface area contributed by atoms with Crippen LogP contribution in [0.25, 0.3) is 6.08 Å². The average molecular weight is 249 g/mol. The van der Waals surface area contributed by atoms with E-state index in [1.165, 1.54) is 12.1 Å². The van der Waals surface area contributed by atoms with E-state index in [2.05, 4.69) is 5.32 Å². The Morgan fingerprint density at radius 3 is 2.72 bits per heavy atom. The molecule has 1 heterocycles. The Balaban J connectivity index is 2.15. The van der Waals surface area contributed by atoms with Gasteiger partial charge < -0.3 is 10.4 Å². The molecule has 3 nitrogen and oxygen atoms in total. The predicted molar refractivity (Wildman–Crippen MR) is 68.1 cm³/mol. The highest BCUT2D eigenvalue weighted by atomic mass is 19.1. The largest absolute Gasteiger partial charge is 0.504 e. The van der Waals surface area contributed by atoms with E-state index in [0.29, 0.717) is 17.8 Å². The number of rotatable bonds is 3. The number of aldehydes is 1. The van der Waals surface area contributed by atoms with Gasteiger partial charge in [0.05, 0.1) is 5.56 Å². The summed E-state index contributed by atoms with van der Waals surface area (Å²) in [6.45, 7) is 2.00. The van der Waals surface area contributed by atoms with Crippen molar-refractivity contribution in [2.24, 2.45) is 5.92 Å². The van der Waals surface area contributed by atoms with Crippen LogP contribution in [0.15, 0.2) is 18.2 Å². The Morgan fingerprint density at radius 2 is 2.06 bits per heavy atom. The van der Waals surface area contributed by atoms with Crippen molar-refractivity contribution in [1.82, 2.24) is 5.32 Å². The number of allylic oxidation sites excluding steroid dienone is 1. The zero-order chi connectivity index (χ0) is 13.0. The molecule has 0 bridgehead atoms. The third-order valence-electron chi connectivity index (χ3n) is 3.19. The van der Waals surface area contributed by atoms with E-state index in [1.807, 2.05) is 12.2 Å². The molecule has 96 valence electrons. The Kier molecular flexibility index (Phi) is 4.10. The molecule has 0 aromatic heterocycles. The summed E-state index contributed by atoms with van der Waals surface area (Å²) < 4.78 is 13.3. The number of hydrogen-bond acceptors (Lipinski definition) is 3. The van der Waals surface area contributed by atoms with Crippen LogP contribution < -0.4 is 5.32 Å². The van der Waals surface area contributed by atoms with Gasteiger partial charge >= 0.3 is 0 Å². The number of phenolic OH excluding ortho intramolecular Hbond substituents is 1. The van der Waals surface area contributed by atoms with Gasteiger partial charge in [0.25, 0.3) is 0 Å². The van der Waals surface area contributed by atoms with Crippen molar-refractivity contribution >= 4 is 12.4 Å². The molecule has 1 saturated heterocycles. The van der Waals surface area contributed by atoms with Crippen LogP contribution in [0.3, 0.4) is 0 Å². The Hall–Kier alpha value is -1.68. The van der Waals surface area contributed by atoms with Crippen molar-refractivity contribution in [3.05, 3.63) is 35.2 Å². The highest BCUT2D eigenvalue weighted by Gasteiger charge is 2.10. The van der Waals surface area contributed by atoms with Crippen LogP contribution in [0.2, 0.25) is 0 Å². The van der Waals surface area contributed by atoms with Crippen LogP contribution in [0.5, 0.6) is 5.75 Å². The standard InChI is InChI=1S/C14H16FNO2/c15-13-8-11(7-12(9-17)14(13)18)2-1-10-3-5-16-6-4-10/h1-2,7-10,16,18H,3-6H2/b2-1+. The van der Waals surface area contributed by atoms with E-state index in [1.54, 1.807) is 0 Å². The molecule has 0 amide bonds. The maximum absolute atomic E-state index is 13.3. The lowest BCUT2D eigenvalue weighted by Gasteiger charge is -2.19. The number of halogens is 1. The molecule has 1 aliphatic heterocycles. The van der Waals surface area contributed by atoms with Crippen LogP contribution >= 0.6 is 0 Å². The molecule has 1 aliphatic rings. The molecule has 0 radical (unpaired) electrons. The van der Waals surface area contributed by atoms with E-state index >= 15 is 0 Å². The van der Waals surface area contributed by atoms with Gasteiger partial charge in [-0.1, -0.05) is 12.2 Å². The molecule has 1 aromatic rings. The van der Waals surface area contributed by atoms with Gasteiger partial charge in [-0.25, -0.2) is 4.39 Å². The zero-order valence-electron chi connectivity index (χ0n) is 10.0. The molecular formula is C14H16FNO2. The van der Waals surface area contributed by atoms with Crippen molar-refractivity contribution in [1.29, 1.82) is 0 Å². The topological polar surface area (TPSA) is 49.3 Å². The van der Waals surface area contributed by atoms with Crippen LogP contribution in [0, 0.1) is 11.7 Å². The van der Waals surface area contributed by atoms with Gasteiger partial charge in [-0.15, -0.1) is 0 Å². The summed E-state index contributed by atoms with van der Waals surface area (Å²) >= 11 is 0. The van der Waals surface area contributed by atoms with E-state index in [-0.39, 0.29) is 5.56 Å². The number of aromatic hydroxyl groups is 1. The fraction of sp³-hybridized carbons (Fsp3) is 0.357. The minimum absolute atomic E-state index is 0.0139. The maximum atomic E-state index is 13.3. The van der Waals surface area contributed by atoms with Crippen LogP contribution in [-0.2, 0) is 0 Å². The molecule has 18 heavy (non-hydrogen) atoms. The predicted octanol–water partition coefficient (Wildman–Crippen LogP) is 2.36. The van der Waals surface area contributed by atoms with Gasteiger partial charge in [0.2, 0.25) is 0 Å². The van der Waals surface area contributed by atoms with Gasteiger partial charge in [-0.05, 0) is 49.5 Å². The highest BCUT2D eigenvalue weighted by molar-refractivity contribution is 5.80. The lowest BCUT2D eigenvalue weighted by Crippen LogP contribution is -2.26. The smallest absolute Gasteiger partial charge is 0.166 e. The Labute approximate surface area is 105 Å². The van der Waals surface area contributed by atoms with Crippen molar-refractivity contribution in [3.8, 4) is 5.75 Å². The SMILES string of the molecule is O=Cc1cc(/C=C/C2CCNCC2)cc(F)c1O. The van der Waals surface area contributed by atoms with E-state index in [0.717, 1.165) is 25.9 Å². The second-order valence-corrected chi connectivity index (χ2v) is 4.50. The minimum Gasteiger partial charge on any atom is -0.504 e. The fourth-order valence-corrected chi connectivity index (χ4v) is 2.11. The van der Waals surface area contributed by atoms with Gasteiger partial charge in [-0.2, -0.15) is 0 Å². The van der Waals surface area contributed by atoms with Gasteiger partial charge in [-0.3, -0.25) is 4.79 Å². The summed E-state index contributed by atoms with van der Waals surface area (Å²) in [5.41, 5.74) is 0.589. The summed E-state index contributed by atoms with van der Waals surface area (Å²) in [7, 11) is 0. The number of carbonyl (C=O) groups excluding carboxylic acids is 1. The molecular weight excluding hydrogens is 233 g/mol. The molecule has 0 atom stereocenters. The molecule has 4 heteroatoms. The maximum Gasteiger partial charge on any atom is 0.166 e. The molecule has 2 rings (SSSR count). The number of piperidine rings is 1. The molecule has 1 aromatic carbocycles. The van der Waals surface area contributed by atoms with Gasteiger partial charge in [0, 0.05) is 0 Å². The summed E-state index contributed by atoms with van der Waals surface area (Å²) in [5.74, 6) is -0.851. The number of phenols is 1. The summed E-state index contributed by atoms with van der Waals surface area (Å²) in [4.78, 5) is 10.7. The van der Waals surface area contributed by atoms with Gasteiger partial charge in [0.15, 0.2) is 17.9 Å². The van der Waals surface area contributed by atoms with Crippen molar-refractivity contribution in [2.45, 2.75) is 12.8 Å². The van der Waals surface area contributed by atoms with E-state index in [4.69, 9.17) is 0 Å². The third-order valence-corrected chi connectivity index (χ3v) is 3.19. The van der Waals surface area contributed by atoms with Gasteiger partial charge in [0.1, 0.15) is 0 Å². The second kappa shape index (κ2) is 5.78. The third kappa shape index (κ3) is 2.96. The van der Waals surface area contributed by atoms with E-state index < -0.39 is 11.6 Å². The molecule has 0 aliphatic carbocycles. The first kappa shape index (κ1) is 12.8. The van der Waals surface area contributed by atoms with Crippen molar-refractivity contribution in [2.75, 3.05) is 13.1 Å². The quantitative estimate of drug-likeness (QED) is 0.808. The summed E-state index contributed by atoms with van der Waals surface area (Å²) in [6.07, 6.45) is 6.45. The number of carbonyl (C=O) groups is 1. The average Bonchev–Trinajstić information content (AvgIpc) is 2.41. The highest BCUT2D eigenvalue weighted by Crippen LogP contribution is 2.23. The first-order valence-corrected chi connectivity index (χ1v) is 6.07. The summed E-state index contributed by atoms with van der Waals surface area (Å²) in [6, 6.07) is 2.73. The lowest BCUT2D eigenvalue weighted by atomic mass is 9.96. The second-order valence-electron chi connectivity index (χ2n) is 4.50. The number of nitrogens with one attached hydrogen (secondary N) is 1. The fourth-order valence-electron chi connectivity index (χ4n) is 2.11. The number of benzene rings is 1. The zero-order valence-corrected chi connectivity index (χ0v) is 10.0. The normalized spacial score (nSPS) is 17.2. The molecule has 0 spiro atoms. The van der Waals surface area contributed by atoms with Crippen LogP contribution in [0.4, 0.5) is 4.39 Å². The molecule has 0 saturated carbocycles. The molecule has 2 N–H and O–H groups in total. The van der Waals surface area contributed by atoms with Crippen LogP contribution in [-0.4, -0.2) is 24.5 Å². The van der Waals surface area contributed by atoms with Crippen LogP contribution in [0.1, 0.15) is 28.8 Å². The molecule has 1 fully saturated rings. The lowest BCUT2D eigenvalue weighted by molar-refractivity contribution is 0.112. The van der Waals surface area contributed by atoms with Crippen molar-refractivity contribution in [3.63, 3.8) is 0 Å². The Bertz CT molecular complexity index is 465. The van der Waals surface area contributed by atoms with E-state index in [9.17, 15) is 14.3 Å². The van der Waals surface area contributed by atoms with Crippen molar-refractivity contribution < 1.29 is 14.3 Å². The molecule has 0 unspecified atom stereocenters. The Morgan fingerprint density at radius 1 is 1.33 bits per heavy atom. The first-order valence-electron chi connectivity index (χ1n) is 6.07. The number of hydrogen-bond donors (Lipinski definition) is 2. The monoisotopic (exact) mass is 249 g/mol. The minimum atomic E-state index is -0.760.